The van der Waals surface area contributed by atoms with Gasteiger partial charge >= 0.3 is 0 Å². The minimum atomic E-state index is -0.0816. The highest BCUT2D eigenvalue weighted by atomic mass is 35.5. The molecule has 0 aliphatic heterocycles. The highest BCUT2D eigenvalue weighted by Crippen LogP contribution is 2.36. The molecule has 5 heteroatoms. The molecule has 1 N–H and O–H groups in total. The average molecular weight is 412 g/mol. The SMILES string of the molecule is COc1cc(Cl)c(C)cc1NC(=O)CSC(c1ccccc1)c1ccccc1. The molecule has 0 aliphatic rings. The van der Waals surface area contributed by atoms with Crippen molar-refractivity contribution in [3.8, 4) is 5.75 Å². The first-order valence-electron chi connectivity index (χ1n) is 8.94. The fourth-order valence-corrected chi connectivity index (χ4v) is 4.16. The summed E-state index contributed by atoms with van der Waals surface area (Å²) >= 11 is 7.74. The summed E-state index contributed by atoms with van der Waals surface area (Å²) < 4.78 is 5.34. The molecule has 0 aliphatic carbocycles. The Morgan fingerprint density at radius 3 is 2.14 bits per heavy atom. The summed E-state index contributed by atoms with van der Waals surface area (Å²) in [5, 5.41) is 3.64. The van der Waals surface area contributed by atoms with Crippen LogP contribution >= 0.6 is 23.4 Å². The normalized spacial score (nSPS) is 10.7. The summed E-state index contributed by atoms with van der Waals surface area (Å²) in [4.78, 5) is 12.6. The van der Waals surface area contributed by atoms with E-state index >= 15 is 0 Å². The van der Waals surface area contributed by atoms with Crippen LogP contribution in [0, 0.1) is 6.92 Å². The molecule has 0 aromatic heterocycles. The van der Waals surface area contributed by atoms with Crippen LogP contribution in [0.25, 0.3) is 0 Å². The lowest BCUT2D eigenvalue weighted by Gasteiger charge is -2.18. The molecule has 3 rings (SSSR count). The van der Waals surface area contributed by atoms with E-state index in [2.05, 4.69) is 29.6 Å². The molecule has 0 unspecified atom stereocenters. The van der Waals surface area contributed by atoms with Crippen LogP contribution in [0.3, 0.4) is 0 Å². The first-order valence-corrected chi connectivity index (χ1v) is 10.4. The lowest BCUT2D eigenvalue weighted by molar-refractivity contribution is -0.113. The van der Waals surface area contributed by atoms with Gasteiger partial charge in [-0.15, -0.1) is 11.8 Å². The second-order valence-electron chi connectivity index (χ2n) is 6.36. The molecule has 3 nitrogen and oxygen atoms in total. The van der Waals surface area contributed by atoms with Gasteiger partial charge in [0.15, 0.2) is 0 Å². The zero-order chi connectivity index (χ0) is 19.9. The van der Waals surface area contributed by atoms with Gasteiger partial charge in [-0.25, -0.2) is 0 Å². The molecule has 144 valence electrons. The second kappa shape index (κ2) is 9.67. The Bertz CT molecular complexity index is 893. The average Bonchev–Trinajstić information content (AvgIpc) is 2.72. The van der Waals surface area contributed by atoms with E-state index < -0.39 is 0 Å². The topological polar surface area (TPSA) is 38.3 Å². The van der Waals surface area contributed by atoms with Gasteiger partial charge in [-0.05, 0) is 29.7 Å². The van der Waals surface area contributed by atoms with Gasteiger partial charge in [0.05, 0.1) is 23.8 Å². The number of halogens is 1. The molecule has 0 radical (unpaired) electrons. The van der Waals surface area contributed by atoms with Crippen molar-refractivity contribution in [2.75, 3.05) is 18.2 Å². The quantitative estimate of drug-likeness (QED) is 0.509. The zero-order valence-corrected chi connectivity index (χ0v) is 17.4. The van der Waals surface area contributed by atoms with Crippen LogP contribution in [-0.4, -0.2) is 18.8 Å². The minimum Gasteiger partial charge on any atom is -0.495 e. The molecule has 3 aromatic carbocycles. The molecule has 3 aromatic rings. The molecule has 1 amide bonds. The van der Waals surface area contributed by atoms with Gasteiger partial charge in [0.2, 0.25) is 5.91 Å². The van der Waals surface area contributed by atoms with Crippen molar-refractivity contribution < 1.29 is 9.53 Å². The van der Waals surface area contributed by atoms with Crippen LogP contribution in [-0.2, 0) is 4.79 Å². The Kier molecular flexibility index (Phi) is 7.01. The van der Waals surface area contributed by atoms with Crippen molar-refractivity contribution in [1.29, 1.82) is 0 Å². The number of ether oxygens (including phenoxy) is 1. The Morgan fingerprint density at radius 1 is 1.04 bits per heavy atom. The van der Waals surface area contributed by atoms with Gasteiger partial charge in [-0.1, -0.05) is 72.3 Å². The molecule has 0 heterocycles. The number of methoxy groups -OCH3 is 1. The van der Waals surface area contributed by atoms with Gasteiger partial charge in [0.1, 0.15) is 5.75 Å². The number of carbonyl (C=O) groups excluding carboxylic acids is 1. The minimum absolute atomic E-state index is 0.0816. The predicted octanol–water partition coefficient (Wildman–Crippen LogP) is 6.12. The van der Waals surface area contributed by atoms with E-state index in [-0.39, 0.29) is 11.2 Å². The molecule has 0 saturated heterocycles. The number of benzene rings is 3. The predicted molar refractivity (Wildman–Crippen MR) is 119 cm³/mol. The summed E-state index contributed by atoms with van der Waals surface area (Å²) in [6.07, 6.45) is 0. The Labute approximate surface area is 175 Å². The Balaban J connectivity index is 1.74. The van der Waals surface area contributed by atoms with Crippen LogP contribution < -0.4 is 10.1 Å². The third-order valence-corrected chi connectivity index (χ3v) is 6.05. The number of amides is 1. The van der Waals surface area contributed by atoms with Crippen LogP contribution in [0.2, 0.25) is 5.02 Å². The number of anilines is 1. The van der Waals surface area contributed by atoms with E-state index in [1.165, 1.54) is 11.1 Å². The van der Waals surface area contributed by atoms with Crippen LogP contribution in [0.1, 0.15) is 21.9 Å². The summed E-state index contributed by atoms with van der Waals surface area (Å²) in [6, 6.07) is 24.0. The fraction of sp³-hybridized carbons (Fsp3) is 0.174. The number of rotatable bonds is 7. The molecule has 0 saturated carbocycles. The Hall–Kier alpha value is -2.43. The van der Waals surface area contributed by atoms with E-state index in [9.17, 15) is 4.79 Å². The highest BCUT2D eigenvalue weighted by Gasteiger charge is 2.17. The third-order valence-electron chi connectivity index (χ3n) is 4.34. The van der Waals surface area contributed by atoms with Crippen molar-refractivity contribution >= 4 is 35.0 Å². The van der Waals surface area contributed by atoms with Crippen molar-refractivity contribution in [3.63, 3.8) is 0 Å². The first-order chi connectivity index (χ1) is 13.6. The molecule has 0 spiro atoms. The molecule has 0 atom stereocenters. The van der Waals surface area contributed by atoms with Gasteiger partial charge in [0, 0.05) is 11.1 Å². The standard InChI is InChI=1S/C23H22ClNO2S/c1-16-13-20(21(27-2)14-19(16)24)25-22(26)15-28-23(17-9-5-3-6-10-17)18-11-7-4-8-12-18/h3-14,23H,15H2,1-2H3,(H,25,26). The third kappa shape index (κ3) is 5.09. The van der Waals surface area contributed by atoms with Crippen molar-refractivity contribution in [1.82, 2.24) is 0 Å². The lowest BCUT2D eigenvalue weighted by Crippen LogP contribution is -2.16. The van der Waals surface area contributed by atoms with Crippen LogP contribution in [0.5, 0.6) is 5.75 Å². The van der Waals surface area contributed by atoms with Gasteiger partial charge in [-0.3, -0.25) is 4.79 Å². The van der Waals surface area contributed by atoms with Crippen molar-refractivity contribution in [2.24, 2.45) is 0 Å². The smallest absolute Gasteiger partial charge is 0.234 e. The monoisotopic (exact) mass is 411 g/mol. The first kappa shape index (κ1) is 20.3. The number of carbonyl (C=O) groups is 1. The van der Waals surface area contributed by atoms with E-state index in [0.29, 0.717) is 22.2 Å². The van der Waals surface area contributed by atoms with E-state index in [1.54, 1.807) is 24.9 Å². The van der Waals surface area contributed by atoms with Crippen molar-refractivity contribution in [2.45, 2.75) is 12.2 Å². The van der Waals surface area contributed by atoms with Crippen LogP contribution in [0.4, 0.5) is 5.69 Å². The number of thioether (sulfide) groups is 1. The number of aryl methyl sites for hydroxylation is 1. The van der Waals surface area contributed by atoms with Gasteiger partial charge in [0.25, 0.3) is 0 Å². The van der Waals surface area contributed by atoms with Crippen molar-refractivity contribution in [3.05, 3.63) is 94.5 Å². The van der Waals surface area contributed by atoms with E-state index in [0.717, 1.165) is 5.56 Å². The fourth-order valence-electron chi connectivity index (χ4n) is 2.92. The maximum Gasteiger partial charge on any atom is 0.234 e. The largest absolute Gasteiger partial charge is 0.495 e. The molecule has 0 bridgehead atoms. The maximum absolute atomic E-state index is 12.6. The summed E-state index contributed by atoms with van der Waals surface area (Å²) in [6.45, 7) is 1.90. The summed E-state index contributed by atoms with van der Waals surface area (Å²) in [5.41, 5.74) is 3.86. The summed E-state index contributed by atoms with van der Waals surface area (Å²) in [7, 11) is 1.56. The number of hydrogen-bond donors (Lipinski definition) is 1. The lowest BCUT2D eigenvalue weighted by atomic mass is 10.0. The summed E-state index contributed by atoms with van der Waals surface area (Å²) in [5.74, 6) is 0.790. The molecule has 0 fully saturated rings. The molecule has 28 heavy (non-hydrogen) atoms. The van der Waals surface area contributed by atoms with E-state index in [4.69, 9.17) is 16.3 Å². The van der Waals surface area contributed by atoms with E-state index in [1.807, 2.05) is 49.4 Å². The maximum atomic E-state index is 12.6. The zero-order valence-electron chi connectivity index (χ0n) is 15.8. The number of hydrogen-bond acceptors (Lipinski definition) is 3. The van der Waals surface area contributed by atoms with Gasteiger partial charge in [-0.2, -0.15) is 0 Å². The van der Waals surface area contributed by atoms with Crippen LogP contribution in [0.15, 0.2) is 72.8 Å². The second-order valence-corrected chi connectivity index (χ2v) is 7.86. The number of nitrogens with one attached hydrogen (secondary N) is 1. The van der Waals surface area contributed by atoms with Gasteiger partial charge < -0.3 is 10.1 Å². The Morgan fingerprint density at radius 2 is 1.61 bits per heavy atom. The molecular weight excluding hydrogens is 390 g/mol. The molecular formula is C23H22ClNO2S. The highest BCUT2D eigenvalue weighted by molar-refractivity contribution is 8.00.